The van der Waals surface area contributed by atoms with Crippen LogP contribution in [-0.2, 0) is 9.53 Å². The summed E-state index contributed by atoms with van der Waals surface area (Å²) in [6.45, 7) is 3.24. The van der Waals surface area contributed by atoms with Crippen molar-refractivity contribution in [3.8, 4) is 0 Å². The summed E-state index contributed by atoms with van der Waals surface area (Å²) in [5.41, 5.74) is 1.53. The van der Waals surface area contributed by atoms with E-state index in [4.69, 9.17) is 4.74 Å². The molecule has 0 aliphatic carbocycles. The van der Waals surface area contributed by atoms with E-state index < -0.39 is 0 Å². The van der Waals surface area contributed by atoms with Crippen LogP contribution >= 0.6 is 0 Å². The van der Waals surface area contributed by atoms with Crippen LogP contribution in [-0.4, -0.2) is 46.4 Å². The first kappa shape index (κ1) is 15.3. The van der Waals surface area contributed by atoms with Crippen LogP contribution in [0.1, 0.15) is 30.1 Å². The van der Waals surface area contributed by atoms with Gasteiger partial charge in [-0.1, -0.05) is 0 Å². The molecule has 122 valence electrons. The molecule has 0 saturated carbocycles. The number of fused-ring (bicyclic) bond motifs is 1. The van der Waals surface area contributed by atoms with E-state index in [-0.39, 0.29) is 23.5 Å². The molecule has 2 heterocycles. The van der Waals surface area contributed by atoms with Gasteiger partial charge in [0.2, 0.25) is 0 Å². The minimum absolute atomic E-state index is 0.0868. The van der Waals surface area contributed by atoms with E-state index in [1.54, 1.807) is 30.0 Å². The number of rotatable bonds is 3. The van der Waals surface area contributed by atoms with Crippen molar-refractivity contribution < 1.29 is 14.3 Å². The Kier molecular flexibility index (Phi) is 4.18. The van der Waals surface area contributed by atoms with Crippen LogP contribution in [0.15, 0.2) is 23.0 Å². The zero-order valence-electron chi connectivity index (χ0n) is 12.9. The molecule has 1 saturated heterocycles. The summed E-state index contributed by atoms with van der Waals surface area (Å²) in [5, 5.41) is 0. The maximum atomic E-state index is 12.6. The van der Waals surface area contributed by atoms with Crippen LogP contribution in [0.2, 0.25) is 0 Å². The number of nitrogens with zero attached hydrogens (tertiary/aromatic N) is 1. The van der Waals surface area contributed by atoms with Gasteiger partial charge in [0.25, 0.3) is 5.91 Å². The van der Waals surface area contributed by atoms with Crippen molar-refractivity contribution in [2.24, 2.45) is 5.92 Å². The number of aromatic nitrogens is 2. The number of ether oxygens (including phenoxy) is 1. The first-order valence-electron chi connectivity index (χ1n) is 7.76. The highest BCUT2D eigenvalue weighted by molar-refractivity contribution is 5.97. The number of piperidine rings is 1. The van der Waals surface area contributed by atoms with Crippen molar-refractivity contribution in [3.63, 3.8) is 0 Å². The summed E-state index contributed by atoms with van der Waals surface area (Å²) < 4.78 is 5.03. The minimum atomic E-state index is -0.292. The van der Waals surface area contributed by atoms with Gasteiger partial charge in [-0.2, -0.15) is 0 Å². The highest BCUT2D eigenvalue weighted by Crippen LogP contribution is 2.21. The van der Waals surface area contributed by atoms with Crippen molar-refractivity contribution in [2.45, 2.75) is 19.8 Å². The summed E-state index contributed by atoms with van der Waals surface area (Å²) in [4.78, 5) is 42.6. The molecule has 1 fully saturated rings. The third-order valence-electron chi connectivity index (χ3n) is 4.17. The van der Waals surface area contributed by atoms with Gasteiger partial charge in [-0.15, -0.1) is 0 Å². The topological polar surface area (TPSA) is 95.3 Å². The van der Waals surface area contributed by atoms with E-state index in [9.17, 15) is 14.4 Å². The van der Waals surface area contributed by atoms with Crippen LogP contribution < -0.4 is 5.69 Å². The number of esters is 1. The molecule has 1 aliphatic rings. The standard InChI is InChI=1S/C16H19N3O4/c1-2-23-15(21)10-5-7-19(8-6-10)14(20)11-3-4-12-13(9-11)18-16(22)17-12/h3-4,9-10H,2,5-8H2,1H3,(H2,17,18,22). The number of carbonyl (C=O) groups excluding carboxylic acids is 2. The van der Waals surface area contributed by atoms with Crippen LogP contribution in [0.4, 0.5) is 0 Å². The molecular weight excluding hydrogens is 298 g/mol. The Morgan fingerprint density at radius 3 is 2.61 bits per heavy atom. The number of hydrogen-bond acceptors (Lipinski definition) is 4. The lowest BCUT2D eigenvalue weighted by Crippen LogP contribution is -2.40. The number of nitrogens with one attached hydrogen (secondary N) is 2. The summed E-state index contributed by atoms with van der Waals surface area (Å²) in [6, 6.07) is 5.09. The fourth-order valence-electron chi connectivity index (χ4n) is 2.93. The van der Waals surface area contributed by atoms with E-state index in [1.807, 2.05) is 0 Å². The largest absolute Gasteiger partial charge is 0.466 e. The average Bonchev–Trinajstić information content (AvgIpc) is 2.93. The number of amides is 1. The van der Waals surface area contributed by atoms with Crippen LogP contribution in [0.25, 0.3) is 11.0 Å². The highest BCUT2D eigenvalue weighted by Gasteiger charge is 2.28. The Morgan fingerprint density at radius 2 is 1.91 bits per heavy atom. The summed E-state index contributed by atoms with van der Waals surface area (Å²) in [5.74, 6) is -0.385. The van der Waals surface area contributed by atoms with Crippen molar-refractivity contribution >= 4 is 22.9 Å². The lowest BCUT2D eigenvalue weighted by atomic mass is 9.96. The summed E-state index contributed by atoms with van der Waals surface area (Å²) in [6.07, 6.45) is 1.24. The molecule has 2 aromatic rings. The number of hydrogen-bond donors (Lipinski definition) is 2. The van der Waals surface area contributed by atoms with E-state index in [1.165, 1.54) is 0 Å². The van der Waals surface area contributed by atoms with Gasteiger partial charge in [-0.05, 0) is 38.0 Å². The molecule has 1 amide bonds. The zero-order valence-corrected chi connectivity index (χ0v) is 12.9. The normalized spacial score (nSPS) is 15.8. The summed E-state index contributed by atoms with van der Waals surface area (Å²) in [7, 11) is 0. The first-order chi connectivity index (χ1) is 11.1. The number of aromatic amines is 2. The molecule has 1 aromatic carbocycles. The van der Waals surface area contributed by atoms with Gasteiger partial charge in [-0.25, -0.2) is 4.79 Å². The zero-order chi connectivity index (χ0) is 16.4. The molecule has 7 heteroatoms. The maximum Gasteiger partial charge on any atom is 0.323 e. The first-order valence-corrected chi connectivity index (χ1v) is 7.76. The van der Waals surface area contributed by atoms with Crippen molar-refractivity contribution in [2.75, 3.05) is 19.7 Å². The predicted molar refractivity (Wildman–Crippen MR) is 84.2 cm³/mol. The van der Waals surface area contributed by atoms with Gasteiger partial charge in [0.05, 0.1) is 23.6 Å². The van der Waals surface area contributed by atoms with E-state index >= 15 is 0 Å². The Hall–Kier alpha value is -2.57. The Morgan fingerprint density at radius 1 is 1.22 bits per heavy atom. The van der Waals surface area contributed by atoms with Crippen molar-refractivity contribution in [3.05, 3.63) is 34.2 Å². The Bertz CT molecular complexity index is 784. The molecule has 7 nitrogen and oxygen atoms in total. The number of benzene rings is 1. The van der Waals surface area contributed by atoms with Gasteiger partial charge in [-0.3, -0.25) is 9.59 Å². The summed E-state index contributed by atoms with van der Waals surface area (Å²) >= 11 is 0. The second-order valence-electron chi connectivity index (χ2n) is 5.66. The van der Waals surface area contributed by atoms with Gasteiger partial charge >= 0.3 is 11.7 Å². The molecule has 23 heavy (non-hydrogen) atoms. The number of imidazole rings is 1. The molecular formula is C16H19N3O4. The molecule has 3 rings (SSSR count). The lowest BCUT2D eigenvalue weighted by molar-refractivity contribution is -0.149. The molecule has 0 unspecified atom stereocenters. The monoisotopic (exact) mass is 317 g/mol. The predicted octanol–water partition coefficient (Wildman–Crippen LogP) is 1.27. The Labute approximate surface area is 132 Å². The van der Waals surface area contributed by atoms with Crippen molar-refractivity contribution in [1.82, 2.24) is 14.9 Å². The van der Waals surface area contributed by atoms with E-state index in [2.05, 4.69) is 9.97 Å². The smallest absolute Gasteiger partial charge is 0.323 e. The third-order valence-corrected chi connectivity index (χ3v) is 4.17. The molecule has 0 atom stereocenters. The fraction of sp³-hybridized carbons (Fsp3) is 0.438. The second-order valence-corrected chi connectivity index (χ2v) is 5.66. The van der Waals surface area contributed by atoms with Gasteiger partial charge in [0.15, 0.2) is 0 Å². The fourth-order valence-corrected chi connectivity index (χ4v) is 2.93. The maximum absolute atomic E-state index is 12.6. The molecule has 0 radical (unpaired) electrons. The minimum Gasteiger partial charge on any atom is -0.466 e. The van der Waals surface area contributed by atoms with Gasteiger partial charge < -0.3 is 19.6 Å². The van der Waals surface area contributed by atoms with Gasteiger partial charge in [0, 0.05) is 18.7 Å². The average molecular weight is 317 g/mol. The van der Waals surface area contributed by atoms with Crippen LogP contribution in [0.5, 0.6) is 0 Å². The SMILES string of the molecule is CCOC(=O)C1CCN(C(=O)c2ccc3[nH]c(=O)[nH]c3c2)CC1. The van der Waals surface area contributed by atoms with Crippen LogP contribution in [0.3, 0.4) is 0 Å². The van der Waals surface area contributed by atoms with E-state index in [0.29, 0.717) is 49.1 Å². The third kappa shape index (κ3) is 3.13. The van der Waals surface area contributed by atoms with Crippen molar-refractivity contribution in [1.29, 1.82) is 0 Å². The molecule has 1 aromatic heterocycles. The molecule has 0 spiro atoms. The quantitative estimate of drug-likeness (QED) is 0.833. The lowest BCUT2D eigenvalue weighted by Gasteiger charge is -2.31. The number of carbonyl (C=O) groups is 2. The number of H-pyrrole nitrogens is 2. The molecule has 1 aliphatic heterocycles. The number of likely N-dealkylation sites (tertiary alicyclic amines) is 1. The highest BCUT2D eigenvalue weighted by atomic mass is 16.5. The van der Waals surface area contributed by atoms with E-state index in [0.717, 1.165) is 0 Å². The molecule has 2 N–H and O–H groups in total. The Balaban J connectivity index is 1.68. The molecule has 0 bridgehead atoms. The van der Waals surface area contributed by atoms with Crippen LogP contribution in [0, 0.1) is 5.92 Å². The second kappa shape index (κ2) is 6.28. The van der Waals surface area contributed by atoms with Gasteiger partial charge in [0.1, 0.15) is 0 Å².